The minimum Gasteiger partial charge on any atom is -0.465 e. The molecule has 18 heavy (non-hydrogen) atoms. The molecule has 0 aliphatic rings. The molecule has 0 heterocycles. The van der Waals surface area contributed by atoms with Gasteiger partial charge in [-0.3, -0.25) is 4.79 Å². The maximum atomic E-state index is 11.6. The summed E-state index contributed by atoms with van der Waals surface area (Å²) in [6.07, 6.45) is 0. The van der Waals surface area contributed by atoms with Crippen molar-refractivity contribution in [2.45, 2.75) is 37.0 Å². The number of ether oxygens (including phenoxy) is 1. The third-order valence-electron chi connectivity index (χ3n) is 2.72. The van der Waals surface area contributed by atoms with Gasteiger partial charge in [-0.2, -0.15) is 0 Å². The summed E-state index contributed by atoms with van der Waals surface area (Å²) in [6.45, 7) is 6.24. The minimum atomic E-state index is -0.176. The number of nitrogens with one attached hydrogen (secondary N) is 1. The lowest BCUT2D eigenvalue weighted by atomic mass is 10.1. The maximum absolute atomic E-state index is 11.6. The first-order valence-electron chi connectivity index (χ1n) is 6.19. The van der Waals surface area contributed by atoms with Crippen molar-refractivity contribution in [1.82, 2.24) is 5.32 Å². The molecule has 0 spiro atoms. The van der Waals surface area contributed by atoms with Crippen LogP contribution in [0.2, 0.25) is 0 Å². The van der Waals surface area contributed by atoms with E-state index in [1.54, 1.807) is 0 Å². The fourth-order valence-electron chi connectivity index (χ4n) is 1.54. The van der Waals surface area contributed by atoms with Gasteiger partial charge < -0.3 is 10.1 Å². The molecule has 0 saturated heterocycles. The van der Waals surface area contributed by atoms with E-state index < -0.39 is 0 Å². The molecule has 100 valence electrons. The van der Waals surface area contributed by atoms with Crippen LogP contribution in [0.3, 0.4) is 0 Å². The van der Waals surface area contributed by atoms with Crippen molar-refractivity contribution in [1.29, 1.82) is 0 Å². The van der Waals surface area contributed by atoms with Gasteiger partial charge in [0.25, 0.3) is 0 Å². The highest BCUT2D eigenvalue weighted by Gasteiger charge is 2.15. The number of thioether (sulfide) groups is 1. The van der Waals surface area contributed by atoms with Crippen LogP contribution in [-0.2, 0) is 9.53 Å². The van der Waals surface area contributed by atoms with Crippen molar-refractivity contribution in [2.24, 2.45) is 0 Å². The Morgan fingerprint density at radius 3 is 2.78 bits per heavy atom. The second-order valence-corrected chi connectivity index (χ2v) is 5.51. The Kier molecular flexibility index (Phi) is 6.22. The van der Waals surface area contributed by atoms with Gasteiger partial charge in [0, 0.05) is 10.9 Å². The van der Waals surface area contributed by atoms with Crippen molar-refractivity contribution in [3.8, 4) is 0 Å². The van der Waals surface area contributed by atoms with Gasteiger partial charge in [-0.1, -0.05) is 12.1 Å². The van der Waals surface area contributed by atoms with E-state index in [-0.39, 0.29) is 11.2 Å². The number of carbonyl (C=O) groups excluding carboxylic acids is 1. The van der Waals surface area contributed by atoms with Gasteiger partial charge in [-0.05, 0) is 45.5 Å². The lowest BCUT2D eigenvalue weighted by molar-refractivity contribution is -0.142. The second-order valence-electron chi connectivity index (χ2n) is 4.09. The van der Waals surface area contributed by atoms with Gasteiger partial charge >= 0.3 is 5.97 Å². The van der Waals surface area contributed by atoms with Crippen molar-refractivity contribution in [3.05, 3.63) is 29.8 Å². The molecule has 0 amide bonds. The van der Waals surface area contributed by atoms with Gasteiger partial charge in [-0.15, -0.1) is 11.8 Å². The predicted octanol–water partition coefficient (Wildman–Crippen LogP) is 3.01. The molecule has 1 aromatic carbocycles. The second kappa shape index (κ2) is 7.44. The van der Waals surface area contributed by atoms with Crippen LogP contribution in [0.25, 0.3) is 0 Å². The lowest BCUT2D eigenvalue weighted by Crippen LogP contribution is -2.16. The monoisotopic (exact) mass is 267 g/mol. The molecular weight excluding hydrogens is 246 g/mol. The molecule has 0 bridgehead atoms. The molecule has 2 unspecified atom stereocenters. The average Bonchev–Trinajstić information content (AvgIpc) is 2.38. The average molecular weight is 267 g/mol. The molecule has 0 aliphatic heterocycles. The topological polar surface area (TPSA) is 38.3 Å². The smallest absolute Gasteiger partial charge is 0.319 e. The molecule has 0 aromatic heterocycles. The highest BCUT2D eigenvalue weighted by atomic mass is 32.2. The van der Waals surface area contributed by atoms with Crippen LogP contribution >= 0.6 is 11.8 Å². The molecule has 1 N–H and O–H groups in total. The normalized spacial score (nSPS) is 14.0. The number of hydrogen-bond acceptors (Lipinski definition) is 4. The minimum absolute atomic E-state index is 0.158. The quantitative estimate of drug-likeness (QED) is 0.635. The first-order valence-corrected chi connectivity index (χ1v) is 7.07. The van der Waals surface area contributed by atoms with Crippen LogP contribution in [0.1, 0.15) is 32.4 Å². The third-order valence-corrected chi connectivity index (χ3v) is 3.79. The molecule has 0 aliphatic carbocycles. The van der Waals surface area contributed by atoms with Crippen molar-refractivity contribution >= 4 is 17.7 Å². The van der Waals surface area contributed by atoms with E-state index in [4.69, 9.17) is 4.74 Å². The Morgan fingerprint density at radius 2 is 2.17 bits per heavy atom. The summed E-state index contributed by atoms with van der Waals surface area (Å²) in [5.41, 5.74) is 1.22. The first kappa shape index (κ1) is 15.1. The molecule has 1 aromatic rings. The highest BCUT2D eigenvalue weighted by Crippen LogP contribution is 2.26. The summed E-state index contributed by atoms with van der Waals surface area (Å²) in [5, 5.41) is 3.03. The van der Waals surface area contributed by atoms with E-state index in [9.17, 15) is 4.79 Å². The van der Waals surface area contributed by atoms with E-state index in [1.807, 2.05) is 33.0 Å². The number of rotatable bonds is 6. The van der Waals surface area contributed by atoms with E-state index in [2.05, 4.69) is 24.4 Å². The van der Waals surface area contributed by atoms with Gasteiger partial charge in [0.05, 0.1) is 6.61 Å². The number of hydrogen-bond donors (Lipinski definition) is 1. The highest BCUT2D eigenvalue weighted by molar-refractivity contribution is 8.00. The Morgan fingerprint density at radius 1 is 1.44 bits per heavy atom. The summed E-state index contributed by atoms with van der Waals surface area (Å²) >= 11 is 1.53. The predicted molar refractivity (Wildman–Crippen MR) is 75.9 cm³/mol. The number of benzene rings is 1. The molecule has 3 nitrogen and oxygen atoms in total. The zero-order chi connectivity index (χ0) is 13.5. The summed E-state index contributed by atoms with van der Waals surface area (Å²) in [5.74, 6) is -0.158. The summed E-state index contributed by atoms with van der Waals surface area (Å²) in [7, 11) is 1.94. The largest absolute Gasteiger partial charge is 0.465 e. The number of esters is 1. The Hall–Kier alpha value is -1.00. The van der Waals surface area contributed by atoms with Crippen LogP contribution in [0.15, 0.2) is 29.2 Å². The van der Waals surface area contributed by atoms with Crippen molar-refractivity contribution in [2.75, 3.05) is 13.7 Å². The zero-order valence-electron chi connectivity index (χ0n) is 11.4. The van der Waals surface area contributed by atoms with Gasteiger partial charge in [0.1, 0.15) is 5.25 Å². The van der Waals surface area contributed by atoms with Crippen LogP contribution in [0, 0.1) is 0 Å². The lowest BCUT2D eigenvalue weighted by Gasteiger charge is -2.14. The maximum Gasteiger partial charge on any atom is 0.319 e. The molecule has 2 atom stereocenters. The standard InChI is InChI=1S/C14H21NO2S/c1-5-17-14(16)11(3)18-13-8-6-7-12(9-13)10(2)15-4/h6-11,15H,5H2,1-4H3. The Labute approximate surface area is 113 Å². The molecule has 1 rings (SSSR count). The molecular formula is C14H21NO2S. The van der Waals surface area contributed by atoms with E-state index in [0.29, 0.717) is 12.6 Å². The summed E-state index contributed by atoms with van der Waals surface area (Å²) in [4.78, 5) is 12.7. The van der Waals surface area contributed by atoms with Gasteiger partial charge in [0.2, 0.25) is 0 Å². The molecule has 0 fully saturated rings. The third kappa shape index (κ3) is 4.35. The molecule has 0 radical (unpaired) electrons. The van der Waals surface area contributed by atoms with Crippen LogP contribution in [0.5, 0.6) is 0 Å². The van der Waals surface area contributed by atoms with Gasteiger partial charge in [0.15, 0.2) is 0 Å². The van der Waals surface area contributed by atoms with Crippen LogP contribution in [-0.4, -0.2) is 24.9 Å². The van der Waals surface area contributed by atoms with Crippen molar-refractivity contribution < 1.29 is 9.53 Å². The number of carbonyl (C=O) groups is 1. The van der Waals surface area contributed by atoms with Gasteiger partial charge in [-0.25, -0.2) is 0 Å². The fourth-order valence-corrected chi connectivity index (χ4v) is 2.47. The van der Waals surface area contributed by atoms with Crippen LogP contribution in [0.4, 0.5) is 0 Å². The van der Waals surface area contributed by atoms with E-state index >= 15 is 0 Å². The molecule has 0 saturated carbocycles. The summed E-state index contributed by atoms with van der Waals surface area (Å²) in [6, 6.07) is 8.54. The summed E-state index contributed by atoms with van der Waals surface area (Å²) < 4.78 is 5.00. The Balaban J connectivity index is 2.70. The zero-order valence-corrected chi connectivity index (χ0v) is 12.2. The van der Waals surface area contributed by atoms with E-state index in [0.717, 1.165) is 4.90 Å². The van der Waals surface area contributed by atoms with Crippen LogP contribution < -0.4 is 5.32 Å². The van der Waals surface area contributed by atoms with Crippen molar-refractivity contribution in [3.63, 3.8) is 0 Å². The Bertz CT molecular complexity index is 395. The molecule has 4 heteroatoms. The SMILES string of the molecule is CCOC(=O)C(C)Sc1cccc(C(C)NC)c1. The first-order chi connectivity index (χ1) is 8.58. The van der Waals surface area contributed by atoms with E-state index in [1.165, 1.54) is 17.3 Å². The fraction of sp³-hybridized carbons (Fsp3) is 0.500.